The van der Waals surface area contributed by atoms with Crippen molar-refractivity contribution >= 4 is 51.7 Å². The molecule has 1 atom stereocenters. The van der Waals surface area contributed by atoms with Crippen LogP contribution in [0.25, 0.3) is 11.0 Å². The summed E-state index contributed by atoms with van der Waals surface area (Å²) in [6.45, 7) is 0.363. The van der Waals surface area contributed by atoms with Crippen LogP contribution in [0.4, 0.5) is 17.1 Å². The molecule has 0 saturated carbocycles. The van der Waals surface area contributed by atoms with Crippen LogP contribution < -0.4 is 25.4 Å². The number of benzene rings is 1. The summed E-state index contributed by atoms with van der Waals surface area (Å²) in [6.07, 6.45) is 3.28. The second-order valence-electron chi connectivity index (χ2n) is 8.20. The SMILES string of the molecule is COc1ccc2ncc3c(c2n1)NC(c1ccc(NC(=O)c2ccc4c(c2)NC(=O)CS4)cn1)CO3. The van der Waals surface area contributed by atoms with Gasteiger partial charge in [0.2, 0.25) is 11.8 Å². The number of ether oxygens (including phenoxy) is 2. The molecular weight excluding hydrogens is 480 g/mol. The molecule has 0 fully saturated rings. The Morgan fingerprint density at radius 2 is 2.08 bits per heavy atom. The molecule has 2 aliphatic heterocycles. The number of carbonyl (C=O) groups excluding carboxylic acids is 2. The Hall–Kier alpha value is -4.38. The fourth-order valence-corrected chi connectivity index (χ4v) is 4.84. The van der Waals surface area contributed by atoms with E-state index in [0.29, 0.717) is 46.4 Å². The van der Waals surface area contributed by atoms with Gasteiger partial charge in [-0.05, 0) is 36.4 Å². The van der Waals surface area contributed by atoms with Crippen molar-refractivity contribution in [3.63, 3.8) is 0 Å². The molecule has 4 aromatic rings. The van der Waals surface area contributed by atoms with Gasteiger partial charge in [-0.2, -0.15) is 0 Å². The molecule has 1 unspecified atom stereocenters. The molecule has 2 amide bonds. The van der Waals surface area contributed by atoms with Gasteiger partial charge in [0, 0.05) is 16.5 Å². The molecule has 0 aliphatic carbocycles. The van der Waals surface area contributed by atoms with Crippen LogP contribution in [0.3, 0.4) is 0 Å². The largest absolute Gasteiger partial charge is 0.487 e. The fraction of sp³-hybridized carbons (Fsp3) is 0.160. The number of aromatic nitrogens is 3. The zero-order valence-corrected chi connectivity index (χ0v) is 19.9. The van der Waals surface area contributed by atoms with E-state index in [1.165, 1.54) is 11.8 Å². The molecular formula is C25H20N6O4S. The molecule has 10 nitrogen and oxygen atoms in total. The number of carbonyl (C=O) groups is 2. The monoisotopic (exact) mass is 500 g/mol. The number of thioether (sulfide) groups is 1. The van der Waals surface area contributed by atoms with Crippen LogP contribution in [-0.4, -0.2) is 46.2 Å². The van der Waals surface area contributed by atoms with E-state index in [4.69, 9.17) is 9.47 Å². The number of amides is 2. The van der Waals surface area contributed by atoms with Crippen molar-refractivity contribution in [1.82, 2.24) is 15.0 Å². The van der Waals surface area contributed by atoms with Gasteiger partial charge in [-0.25, -0.2) is 4.98 Å². The van der Waals surface area contributed by atoms with E-state index >= 15 is 0 Å². The van der Waals surface area contributed by atoms with Gasteiger partial charge in [0.1, 0.15) is 23.9 Å². The third kappa shape index (κ3) is 4.13. The average Bonchev–Trinajstić information content (AvgIpc) is 2.92. The molecule has 6 rings (SSSR count). The highest BCUT2D eigenvalue weighted by Crippen LogP contribution is 2.38. The lowest BCUT2D eigenvalue weighted by Crippen LogP contribution is -2.25. The number of hydrogen-bond donors (Lipinski definition) is 3. The first-order valence-corrected chi connectivity index (χ1v) is 12.1. The number of rotatable bonds is 4. The van der Waals surface area contributed by atoms with Crippen molar-refractivity contribution < 1.29 is 19.1 Å². The highest BCUT2D eigenvalue weighted by atomic mass is 32.2. The second kappa shape index (κ2) is 9.00. The highest BCUT2D eigenvalue weighted by molar-refractivity contribution is 8.00. The molecule has 1 aromatic carbocycles. The number of anilines is 3. The minimum Gasteiger partial charge on any atom is -0.487 e. The van der Waals surface area contributed by atoms with Crippen molar-refractivity contribution in [3.8, 4) is 11.6 Å². The Morgan fingerprint density at radius 3 is 2.92 bits per heavy atom. The number of nitrogens with one attached hydrogen (secondary N) is 3. The van der Waals surface area contributed by atoms with Crippen LogP contribution in [0.5, 0.6) is 11.6 Å². The summed E-state index contributed by atoms with van der Waals surface area (Å²) < 4.78 is 11.2. The minimum atomic E-state index is -0.288. The van der Waals surface area contributed by atoms with Gasteiger partial charge < -0.3 is 25.4 Å². The maximum Gasteiger partial charge on any atom is 0.255 e. The van der Waals surface area contributed by atoms with Crippen LogP contribution in [0.15, 0.2) is 59.8 Å². The molecule has 180 valence electrons. The van der Waals surface area contributed by atoms with Crippen molar-refractivity contribution in [2.75, 3.05) is 35.4 Å². The van der Waals surface area contributed by atoms with E-state index in [1.807, 2.05) is 18.2 Å². The molecule has 3 N–H and O–H groups in total. The molecule has 0 saturated heterocycles. The molecule has 0 spiro atoms. The lowest BCUT2D eigenvalue weighted by atomic mass is 10.1. The Morgan fingerprint density at radius 1 is 1.17 bits per heavy atom. The first-order valence-electron chi connectivity index (χ1n) is 11.1. The topological polar surface area (TPSA) is 127 Å². The van der Waals surface area contributed by atoms with E-state index in [2.05, 4.69) is 30.9 Å². The lowest BCUT2D eigenvalue weighted by molar-refractivity contribution is -0.113. The van der Waals surface area contributed by atoms with Crippen LogP contribution in [-0.2, 0) is 4.79 Å². The molecule has 2 aliphatic rings. The predicted molar refractivity (Wildman–Crippen MR) is 136 cm³/mol. The first-order chi connectivity index (χ1) is 17.6. The van der Waals surface area contributed by atoms with Crippen LogP contribution in [0.2, 0.25) is 0 Å². The summed E-state index contributed by atoms with van der Waals surface area (Å²) in [5, 5.41) is 9.11. The molecule has 5 heterocycles. The van der Waals surface area contributed by atoms with E-state index < -0.39 is 0 Å². The number of nitrogens with zero attached hydrogens (tertiary/aromatic N) is 3. The summed E-state index contributed by atoms with van der Waals surface area (Å²) >= 11 is 1.45. The Labute approximate surface area is 209 Å². The van der Waals surface area contributed by atoms with Gasteiger partial charge in [-0.1, -0.05) is 0 Å². The smallest absolute Gasteiger partial charge is 0.255 e. The van der Waals surface area contributed by atoms with Gasteiger partial charge in [-0.15, -0.1) is 11.8 Å². The Kier molecular flexibility index (Phi) is 5.53. The molecule has 36 heavy (non-hydrogen) atoms. The first kappa shape index (κ1) is 22.1. The summed E-state index contributed by atoms with van der Waals surface area (Å²) in [6, 6.07) is 12.3. The molecule has 11 heteroatoms. The lowest BCUT2D eigenvalue weighted by Gasteiger charge is -2.27. The fourth-order valence-electron chi connectivity index (χ4n) is 4.06. The standard InChI is InChI=1S/C25H20N6O4S/c1-34-22-7-5-16-23(31-22)24-19(10-27-16)35-11-18(30-24)15-4-3-14(9-26-15)28-25(33)13-2-6-20-17(8-13)29-21(32)12-36-20/h2-10,18,30H,11-12H2,1H3,(H,28,33)(H,29,32). The maximum atomic E-state index is 12.8. The highest BCUT2D eigenvalue weighted by Gasteiger charge is 2.25. The quantitative estimate of drug-likeness (QED) is 0.383. The van der Waals surface area contributed by atoms with Crippen molar-refractivity contribution in [3.05, 3.63) is 66.1 Å². The van der Waals surface area contributed by atoms with Crippen LogP contribution in [0.1, 0.15) is 22.1 Å². The van der Waals surface area contributed by atoms with Gasteiger partial charge in [0.15, 0.2) is 5.75 Å². The average molecular weight is 501 g/mol. The number of hydrogen-bond acceptors (Lipinski definition) is 9. The molecule has 0 radical (unpaired) electrons. The number of pyridine rings is 3. The van der Waals surface area contributed by atoms with Gasteiger partial charge in [0.25, 0.3) is 5.91 Å². The van der Waals surface area contributed by atoms with E-state index in [0.717, 1.165) is 21.8 Å². The molecule has 0 bridgehead atoms. The van der Waals surface area contributed by atoms with Crippen LogP contribution in [0, 0.1) is 0 Å². The maximum absolute atomic E-state index is 12.8. The van der Waals surface area contributed by atoms with Gasteiger partial charge >= 0.3 is 0 Å². The van der Waals surface area contributed by atoms with Gasteiger partial charge in [-0.3, -0.25) is 19.6 Å². The molecule has 3 aromatic heterocycles. The van der Waals surface area contributed by atoms with E-state index in [9.17, 15) is 9.59 Å². The summed E-state index contributed by atoms with van der Waals surface area (Å²) in [5.41, 5.74) is 4.50. The predicted octanol–water partition coefficient (Wildman–Crippen LogP) is 3.88. The van der Waals surface area contributed by atoms with Crippen molar-refractivity contribution in [2.45, 2.75) is 10.9 Å². The van der Waals surface area contributed by atoms with Crippen molar-refractivity contribution in [1.29, 1.82) is 0 Å². The Balaban J connectivity index is 1.18. The third-order valence-corrected chi connectivity index (χ3v) is 6.94. The summed E-state index contributed by atoms with van der Waals surface area (Å²) in [4.78, 5) is 38.8. The summed E-state index contributed by atoms with van der Waals surface area (Å²) in [5.74, 6) is 1.11. The third-order valence-electron chi connectivity index (χ3n) is 5.86. The van der Waals surface area contributed by atoms with Crippen LogP contribution >= 0.6 is 11.8 Å². The van der Waals surface area contributed by atoms with Crippen molar-refractivity contribution in [2.24, 2.45) is 0 Å². The zero-order valence-electron chi connectivity index (χ0n) is 19.1. The normalized spacial score (nSPS) is 16.1. The summed E-state index contributed by atoms with van der Waals surface area (Å²) in [7, 11) is 1.57. The van der Waals surface area contributed by atoms with E-state index in [-0.39, 0.29) is 17.9 Å². The second-order valence-corrected chi connectivity index (χ2v) is 9.22. The number of fused-ring (bicyclic) bond motifs is 4. The Bertz CT molecular complexity index is 1510. The number of methoxy groups -OCH3 is 1. The van der Waals surface area contributed by atoms with Gasteiger partial charge in [0.05, 0.1) is 47.8 Å². The van der Waals surface area contributed by atoms with E-state index in [1.54, 1.807) is 43.8 Å². The minimum absolute atomic E-state index is 0.0769. The zero-order chi connectivity index (χ0) is 24.6.